The largest absolute Gasteiger partial charge is 0.379 e. The van der Waals surface area contributed by atoms with Gasteiger partial charge in [-0.3, -0.25) is 9.80 Å². The van der Waals surface area contributed by atoms with Crippen LogP contribution in [0.3, 0.4) is 0 Å². The van der Waals surface area contributed by atoms with Gasteiger partial charge in [0, 0.05) is 38.5 Å². The number of hydrogen-bond donors (Lipinski definition) is 0. The lowest BCUT2D eigenvalue weighted by molar-refractivity contribution is 0.0153. The summed E-state index contributed by atoms with van der Waals surface area (Å²) in [4.78, 5) is 5.47. The van der Waals surface area contributed by atoms with Gasteiger partial charge in [0.15, 0.2) is 9.84 Å². The number of ether oxygens (including phenoxy) is 1. The highest BCUT2D eigenvalue weighted by Crippen LogP contribution is 2.21. The average molecular weight is 353 g/mol. The fraction of sp³-hybridized carbons (Fsp3) is 0.667. The van der Waals surface area contributed by atoms with E-state index in [1.165, 1.54) is 31.1 Å². The van der Waals surface area contributed by atoms with Crippen LogP contribution < -0.4 is 0 Å². The number of likely N-dealkylation sites (tertiary alicyclic amines) is 1. The van der Waals surface area contributed by atoms with Crippen LogP contribution in [-0.2, 0) is 21.1 Å². The van der Waals surface area contributed by atoms with Gasteiger partial charge < -0.3 is 4.74 Å². The summed E-state index contributed by atoms with van der Waals surface area (Å²) in [5.41, 5.74) is 1.19. The molecule has 0 spiro atoms. The summed E-state index contributed by atoms with van der Waals surface area (Å²) in [6.45, 7) is 6.91. The molecule has 24 heavy (non-hydrogen) atoms. The van der Waals surface area contributed by atoms with Gasteiger partial charge in [0.05, 0.1) is 18.1 Å². The molecule has 0 amide bonds. The van der Waals surface area contributed by atoms with Gasteiger partial charge in [0.25, 0.3) is 0 Å². The van der Waals surface area contributed by atoms with Crippen molar-refractivity contribution in [1.29, 1.82) is 0 Å². The van der Waals surface area contributed by atoms with Crippen LogP contribution in [0, 0.1) is 0 Å². The van der Waals surface area contributed by atoms with E-state index in [0.29, 0.717) is 10.9 Å². The SMILES string of the molecule is CS(=O)(=O)c1ccc(CN2CCCCC2CN2CCOCC2)cc1. The molecule has 0 aliphatic carbocycles. The zero-order chi connectivity index (χ0) is 17.0. The first-order valence-electron chi connectivity index (χ1n) is 8.85. The van der Waals surface area contributed by atoms with Crippen LogP contribution in [0.1, 0.15) is 24.8 Å². The van der Waals surface area contributed by atoms with Gasteiger partial charge in [0.2, 0.25) is 0 Å². The van der Waals surface area contributed by atoms with Gasteiger partial charge in [-0.15, -0.1) is 0 Å². The van der Waals surface area contributed by atoms with Crippen LogP contribution >= 0.6 is 0 Å². The molecule has 0 radical (unpaired) electrons. The Hall–Kier alpha value is -0.950. The molecule has 134 valence electrons. The van der Waals surface area contributed by atoms with Gasteiger partial charge in [0.1, 0.15) is 0 Å². The van der Waals surface area contributed by atoms with Gasteiger partial charge in [-0.05, 0) is 37.1 Å². The van der Waals surface area contributed by atoms with E-state index in [2.05, 4.69) is 9.80 Å². The average Bonchev–Trinajstić information content (AvgIpc) is 2.57. The van der Waals surface area contributed by atoms with Gasteiger partial charge in [-0.2, -0.15) is 0 Å². The van der Waals surface area contributed by atoms with Gasteiger partial charge >= 0.3 is 0 Å². The molecule has 2 aliphatic rings. The number of sulfone groups is 1. The van der Waals surface area contributed by atoms with Crippen LogP contribution in [0.5, 0.6) is 0 Å². The molecule has 3 rings (SSSR count). The molecule has 2 heterocycles. The lowest BCUT2D eigenvalue weighted by Gasteiger charge is -2.39. The van der Waals surface area contributed by atoms with Crippen molar-refractivity contribution in [1.82, 2.24) is 9.80 Å². The molecule has 1 aromatic carbocycles. The molecule has 1 aromatic rings. The molecule has 1 atom stereocenters. The standard InChI is InChI=1S/C18H28N2O3S/c1-24(21,22)18-7-5-16(6-8-18)14-20-9-3-2-4-17(20)15-19-10-12-23-13-11-19/h5-8,17H,2-4,9-15H2,1H3. The first-order chi connectivity index (χ1) is 11.5. The highest BCUT2D eigenvalue weighted by molar-refractivity contribution is 7.90. The highest BCUT2D eigenvalue weighted by Gasteiger charge is 2.25. The van der Waals surface area contributed by atoms with Gasteiger partial charge in [-0.1, -0.05) is 18.6 Å². The van der Waals surface area contributed by atoms with Crippen molar-refractivity contribution >= 4 is 9.84 Å². The maximum absolute atomic E-state index is 11.6. The third-order valence-electron chi connectivity index (χ3n) is 5.06. The Morgan fingerprint density at radius 3 is 2.46 bits per heavy atom. The molecule has 0 aromatic heterocycles. The van der Waals surface area contributed by atoms with Crippen molar-refractivity contribution in [3.05, 3.63) is 29.8 Å². The fourth-order valence-electron chi connectivity index (χ4n) is 3.63. The predicted molar refractivity (Wildman–Crippen MR) is 94.9 cm³/mol. The van der Waals surface area contributed by atoms with E-state index in [4.69, 9.17) is 4.74 Å². The smallest absolute Gasteiger partial charge is 0.175 e. The third kappa shape index (κ3) is 4.79. The van der Waals surface area contributed by atoms with Crippen LogP contribution in [0.2, 0.25) is 0 Å². The third-order valence-corrected chi connectivity index (χ3v) is 6.19. The quantitative estimate of drug-likeness (QED) is 0.808. The topological polar surface area (TPSA) is 49.9 Å². The first-order valence-corrected chi connectivity index (χ1v) is 10.7. The Bertz CT molecular complexity index is 624. The van der Waals surface area contributed by atoms with Crippen molar-refractivity contribution in [2.75, 3.05) is 45.6 Å². The lowest BCUT2D eigenvalue weighted by atomic mass is 10.0. The number of piperidine rings is 1. The van der Waals surface area contributed by atoms with E-state index >= 15 is 0 Å². The Kier molecular flexibility index (Phi) is 5.92. The molecule has 5 nitrogen and oxygen atoms in total. The number of nitrogens with zero attached hydrogens (tertiary/aromatic N) is 2. The molecule has 2 saturated heterocycles. The van der Waals surface area contributed by atoms with Crippen molar-refractivity contribution < 1.29 is 13.2 Å². The summed E-state index contributed by atoms with van der Waals surface area (Å²) in [6.07, 6.45) is 5.06. The highest BCUT2D eigenvalue weighted by atomic mass is 32.2. The summed E-state index contributed by atoms with van der Waals surface area (Å²) < 4.78 is 28.6. The summed E-state index contributed by atoms with van der Waals surface area (Å²) in [5, 5.41) is 0. The predicted octanol–water partition coefficient (Wildman–Crippen LogP) is 1.78. The Morgan fingerprint density at radius 1 is 1.08 bits per heavy atom. The van der Waals surface area contributed by atoms with Crippen LogP contribution in [0.4, 0.5) is 0 Å². The maximum atomic E-state index is 11.6. The minimum Gasteiger partial charge on any atom is -0.379 e. The van der Waals surface area contributed by atoms with E-state index in [1.54, 1.807) is 12.1 Å². The molecule has 0 saturated carbocycles. The van der Waals surface area contributed by atoms with E-state index in [0.717, 1.165) is 45.9 Å². The lowest BCUT2D eigenvalue weighted by Crippen LogP contribution is -2.49. The molecular weight excluding hydrogens is 324 g/mol. The molecule has 0 bridgehead atoms. The van der Waals surface area contributed by atoms with Gasteiger partial charge in [-0.25, -0.2) is 8.42 Å². The Labute approximate surface area is 145 Å². The van der Waals surface area contributed by atoms with E-state index < -0.39 is 9.84 Å². The molecule has 1 unspecified atom stereocenters. The zero-order valence-electron chi connectivity index (χ0n) is 14.5. The second kappa shape index (κ2) is 7.95. The molecule has 2 fully saturated rings. The summed E-state index contributed by atoms with van der Waals surface area (Å²) in [5.74, 6) is 0. The molecular formula is C18H28N2O3S. The first kappa shape index (κ1) is 17.9. The van der Waals surface area contributed by atoms with Crippen LogP contribution in [0.25, 0.3) is 0 Å². The molecule has 0 N–H and O–H groups in total. The monoisotopic (exact) mass is 352 g/mol. The summed E-state index contributed by atoms with van der Waals surface area (Å²) in [6, 6.07) is 7.96. The van der Waals surface area contributed by atoms with E-state index in [9.17, 15) is 8.42 Å². The van der Waals surface area contributed by atoms with Crippen molar-refractivity contribution in [2.45, 2.75) is 36.7 Å². The second-order valence-electron chi connectivity index (χ2n) is 6.95. The Balaban J connectivity index is 1.62. The van der Waals surface area contributed by atoms with E-state index in [-0.39, 0.29) is 0 Å². The fourth-order valence-corrected chi connectivity index (χ4v) is 4.26. The Morgan fingerprint density at radius 2 is 1.79 bits per heavy atom. The number of rotatable bonds is 5. The normalized spacial score (nSPS) is 24.1. The minimum atomic E-state index is -3.11. The molecule has 2 aliphatic heterocycles. The van der Waals surface area contributed by atoms with Crippen LogP contribution in [-0.4, -0.2) is 69.9 Å². The second-order valence-corrected chi connectivity index (χ2v) is 8.96. The van der Waals surface area contributed by atoms with Crippen molar-refractivity contribution in [2.24, 2.45) is 0 Å². The minimum absolute atomic E-state index is 0.398. The number of hydrogen-bond acceptors (Lipinski definition) is 5. The maximum Gasteiger partial charge on any atom is 0.175 e. The number of benzene rings is 1. The van der Waals surface area contributed by atoms with Crippen molar-refractivity contribution in [3.63, 3.8) is 0 Å². The summed E-state index contributed by atoms with van der Waals surface area (Å²) >= 11 is 0. The van der Waals surface area contributed by atoms with E-state index in [1.807, 2.05) is 12.1 Å². The summed E-state index contributed by atoms with van der Waals surface area (Å²) in [7, 11) is -3.11. The number of morpholine rings is 1. The van der Waals surface area contributed by atoms with Crippen LogP contribution in [0.15, 0.2) is 29.2 Å². The molecule has 6 heteroatoms. The zero-order valence-corrected chi connectivity index (χ0v) is 15.3. The van der Waals surface area contributed by atoms with Crippen molar-refractivity contribution in [3.8, 4) is 0 Å².